The summed E-state index contributed by atoms with van der Waals surface area (Å²) in [6.45, 7) is 8.69. The minimum atomic E-state index is -0.387. The molecule has 1 aromatic heterocycles. The number of ether oxygens (including phenoxy) is 3. The zero-order valence-electron chi connectivity index (χ0n) is 18.6. The highest BCUT2D eigenvalue weighted by Gasteiger charge is 2.23. The first-order valence-corrected chi connectivity index (χ1v) is 10.8. The maximum atomic E-state index is 13.1. The van der Waals surface area contributed by atoms with Crippen molar-refractivity contribution < 1.29 is 23.4 Å². The second-order valence-electron chi connectivity index (χ2n) is 8.29. The Kier molecular flexibility index (Phi) is 6.46. The van der Waals surface area contributed by atoms with Crippen LogP contribution in [0.25, 0.3) is 11.0 Å². The van der Waals surface area contributed by atoms with E-state index in [4.69, 9.17) is 18.6 Å². The lowest BCUT2D eigenvalue weighted by atomic mass is 10.1. The summed E-state index contributed by atoms with van der Waals surface area (Å²) in [5, 5.41) is 0.441. The van der Waals surface area contributed by atoms with Crippen molar-refractivity contribution in [1.29, 1.82) is 0 Å². The first kappa shape index (κ1) is 21.9. The third kappa shape index (κ3) is 4.62. The molecular weight excluding hydrogens is 410 g/mol. The number of hydrogen-bond acceptors (Lipinski definition) is 7. The lowest BCUT2D eigenvalue weighted by molar-refractivity contribution is 0.0505. The second-order valence-corrected chi connectivity index (χ2v) is 8.29. The van der Waals surface area contributed by atoms with Crippen molar-refractivity contribution in [2.45, 2.75) is 33.7 Å². The van der Waals surface area contributed by atoms with Gasteiger partial charge in [-0.1, -0.05) is 20.8 Å². The van der Waals surface area contributed by atoms with Gasteiger partial charge in [-0.15, -0.1) is 0 Å². The van der Waals surface area contributed by atoms with Crippen LogP contribution in [0.3, 0.4) is 0 Å². The van der Waals surface area contributed by atoms with Gasteiger partial charge in [0.2, 0.25) is 11.2 Å². The molecule has 1 aliphatic heterocycles. The summed E-state index contributed by atoms with van der Waals surface area (Å²) in [5.74, 6) is 1.35. The van der Waals surface area contributed by atoms with Gasteiger partial charge in [-0.05, 0) is 48.7 Å². The highest BCUT2D eigenvalue weighted by Crippen LogP contribution is 2.33. The van der Waals surface area contributed by atoms with E-state index in [1.807, 2.05) is 13.0 Å². The van der Waals surface area contributed by atoms with Crippen molar-refractivity contribution in [3.8, 4) is 17.2 Å². The quantitative estimate of drug-likeness (QED) is 0.484. The fourth-order valence-electron chi connectivity index (χ4n) is 3.71. The van der Waals surface area contributed by atoms with E-state index in [0.29, 0.717) is 48.1 Å². The standard InChI is InChI=1S/C25H27NO6/c1-4-11-29-25(28)17-5-7-18(8-6-17)32-22-14-30-24-19(23(22)27)9-10-21-20(24)13-26(15-31-21)12-16(2)3/h5-10,14,16H,4,11-13,15H2,1-3H3. The minimum Gasteiger partial charge on any atom is -0.478 e. The normalized spacial score (nSPS) is 13.6. The smallest absolute Gasteiger partial charge is 0.338 e. The molecule has 168 valence electrons. The molecule has 3 aromatic rings. The lowest BCUT2D eigenvalue weighted by Gasteiger charge is -2.30. The molecule has 7 nitrogen and oxygen atoms in total. The summed E-state index contributed by atoms with van der Waals surface area (Å²) in [7, 11) is 0. The number of hydrogen-bond donors (Lipinski definition) is 0. The van der Waals surface area contributed by atoms with Crippen LogP contribution in [0, 0.1) is 5.92 Å². The van der Waals surface area contributed by atoms with Crippen LogP contribution in [0.5, 0.6) is 17.2 Å². The Morgan fingerprint density at radius 3 is 2.66 bits per heavy atom. The molecular formula is C25H27NO6. The molecule has 0 fully saturated rings. The number of benzene rings is 2. The fraction of sp³-hybridized carbons (Fsp3) is 0.360. The van der Waals surface area contributed by atoms with E-state index in [2.05, 4.69) is 18.7 Å². The molecule has 0 spiro atoms. The molecule has 0 saturated heterocycles. The van der Waals surface area contributed by atoms with Crippen LogP contribution in [0.2, 0.25) is 0 Å². The topological polar surface area (TPSA) is 78.2 Å². The van der Waals surface area contributed by atoms with Crippen LogP contribution in [0.1, 0.15) is 43.1 Å². The lowest BCUT2D eigenvalue weighted by Crippen LogP contribution is -2.34. The fourth-order valence-corrected chi connectivity index (χ4v) is 3.71. The summed E-state index contributed by atoms with van der Waals surface area (Å²) >= 11 is 0. The van der Waals surface area contributed by atoms with E-state index in [1.165, 1.54) is 6.26 Å². The van der Waals surface area contributed by atoms with Crippen molar-refractivity contribution in [1.82, 2.24) is 4.90 Å². The summed E-state index contributed by atoms with van der Waals surface area (Å²) in [6, 6.07) is 9.97. The molecule has 1 aliphatic rings. The monoisotopic (exact) mass is 437 g/mol. The molecule has 0 radical (unpaired) electrons. The molecule has 2 aromatic carbocycles. The Balaban J connectivity index is 1.57. The molecule has 0 atom stereocenters. The zero-order valence-corrected chi connectivity index (χ0v) is 18.6. The van der Waals surface area contributed by atoms with Crippen molar-refractivity contribution >= 4 is 16.9 Å². The minimum absolute atomic E-state index is 0.0783. The number of carbonyl (C=O) groups is 1. The van der Waals surface area contributed by atoms with E-state index < -0.39 is 0 Å². The van der Waals surface area contributed by atoms with Crippen LogP contribution in [-0.2, 0) is 11.3 Å². The molecule has 7 heteroatoms. The summed E-state index contributed by atoms with van der Waals surface area (Å²) in [4.78, 5) is 27.2. The van der Waals surface area contributed by atoms with Gasteiger partial charge >= 0.3 is 5.97 Å². The molecule has 0 saturated carbocycles. The Hall–Kier alpha value is -3.32. The Morgan fingerprint density at radius 1 is 1.16 bits per heavy atom. The summed E-state index contributed by atoms with van der Waals surface area (Å²) in [6.07, 6.45) is 2.09. The van der Waals surface area contributed by atoms with Crippen molar-refractivity contribution in [3.63, 3.8) is 0 Å². The maximum absolute atomic E-state index is 13.1. The molecule has 2 heterocycles. The Labute approximate surface area is 186 Å². The van der Waals surface area contributed by atoms with Gasteiger partial charge < -0.3 is 18.6 Å². The number of rotatable bonds is 7. The van der Waals surface area contributed by atoms with Crippen molar-refractivity contribution in [3.05, 3.63) is 64.0 Å². The third-order valence-corrected chi connectivity index (χ3v) is 5.13. The van der Waals surface area contributed by atoms with Crippen LogP contribution in [0.4, 0.5) is 0 Å². The van der Waals surface area contributed by atoms with Gasteiger partial charge in [0.1, 0.15) is 30.1 Å². The van der Waals surface area contributed by atoms with Crippen molar-refractivity contribution in [2.24, 2.45) is 5.92 Å². The van der Waals surface area contributed by atoms with Gasteiger partial charge in [0.05, 0.1) is 23.1 Å². The molecule has 4 rings (SSSR count). The molecule has 0 amide bonds. The van der Waals surface area contributed by atoms with Crippen LogP contribution < -0.4 is 14.9 Å². The maximum Gasteiger partial charge on any atom is 0.338 e. The first-order valence-electron chi connectivity index (χ1n) is 10.8. The molecule has 0 aliphatic carbocycles. The molecule has 0 unspecified atom stereocenters. The highest BCUT2D eigenvalue weighted by molar-refractivity contribution is 5.89. The summed E-state index contributed by atoms with van der Waals surface area (Å²) < 4.78 is 22.6. The van der Waals surface area contributed by atoms with E-state index in [-0.39, 0.29) is 17.1 Å². The van der Waals surface area contributed by atoms with E-state index in [0.717, 1.165) is 24.3 Å². The first-order chi connectivity index (χ1) is 15.5. The van der Waals surface area contributed by atoms with Crippen molar-refractivity contribution in [2.75, 3.05) is 19.9 Å². The average molecular weight is 437 g/mol. The van der Waals surface area contributed by atoms with E-state index >= 15 is 0 Å². The summed E-state index contributed by atoms with van der Waals surface area (Å²) in [5.41, 5.74) is 1.55. The molecule has 0 bridgehead atoms. The Morgan fingerprint density at radius 2 is 1.94 bits per heavy atom. The SMILES string of the molecule is CCCOC(=O)c1ccc(Oc2coc3c4c(ccc3c2=O)OCN(CC(C)C)C4)cc1. The zero-order chi connectivity index (χ0) is 22.7. The molecule has 32 heavy (non-hydrogen) atoms. The number of fused-ring (bicyclic) bond motifs is 3. The number of esters is 1. The van der Waals surface area contributed by atoms with E-state index in [9.17, 15) is 9.59 Å². The largest absolute Gasteiger partial charge is 0.478 e. The third-order valence-electron chi connectivity index (χ3n) is 5.13. The second kappa shape index (κ2) is 9.44. The van der Waals surface area contributed by atoms with Crippen LogP contribution >= 0.6 is 0 Å². The van der Waals surface area contributed by atoms with Gasteiger partial charge in [0, 0.05) is 13.1 Å². The van der Waals surface area contributed by atoms with E-state index in [1.54, 1.807) is 30.3 Å². The van der Waals surface area contributed by atoms with Gasteiger partial charge in [-0.2, -0.15) is 0 Å². The van der Waals surface area contributed by atoms with Gasteiger partial charge in [0.15, 0.2) is 0 Å². The average Bonchev–Trinajstić information content (AvgIpc) is 2.79. The van der Waals surface area contributed by atoms with Crippen LogP contribution in [0.15, 0.2) is 51.9 Å². The number of carbonyl (C=O) groups excluding carboxylic acids is 1. The predicted octanol–water partition coefficient (Wildman–Crippen LogP) is 4.96. The number of nitrogens with zero attached hydrogens (tertiary/aromatic N) is 1. The van der Waals surface area contributed by atoms with Gasteiger partial charge in [0.25, 0.3) is 0 Å². The Bertz CT molecular complexity index is 1170. The predicted molar refractivity (Wildman–Crippen MR) is 120 cm³/mol. The van der Waals surface area contributed by atoms with Gasteiger partial charge in [-0.3, -0.25) is 9.69 Å². The molecule has 0 N–H and O–H groups in total. The highest BCUT2D eigenvalue weighted by atomic mass is 16.5. The van der Waals surface area contributed by atoms with Crippen LogP contribution in [-0.4, -0.2) is 30.8 Å². The van der Waals surface area contributed by atoms with Gasteiger partial charge in [-0.25, -0.2) is 4.79 Å².